The number of benzene rings is 2. The summed E-state index contributed by atoms with van der Waals surface area (Å²) in [5.41, 5.74) is 3.10. The normalized spacial score (nSPS) is 11.1. The number of nitrogens with one attached hydrogen (secondary N) is 3. The number of hydrogen-bond acceptors (Lipinski definition) is 3. The maximum atomic E-state index is 12.3. The van der Waals surface area contributed by atoms with Crippen LogP contribution in [0, 0.1) is 0 Å². The molecule has 4 aromatic rings. The molecule has 0 atom stereocenters. The summed E-state index contributed by atoms with van der Waals surface area (Å²) in [5, 5.41) is 3.76. The summed E-state index contributed by atoms with van der Waals surface area (Å²) < 4.78 is 4.98. The smallest absolute Gasteiger partial charge is 0.408 e. The number of anilines is 1. The van der Waals surface area contributed by atoms with Gasteiger partial charge in [-0.3, -0.25) is 9.78 Å². The largest absolute Gasteiger partial charge is 0.417 e. The number of H-pyrrole nitrogens is 2. The standard InChI is InChI=1S/C16H11N3O3/c20-15(10-1-3-12-9(7-10)5-6-17-12)18-11-2-4-13-14(8-11)22-16(21)19-13/h1-8,17H,(H,18,20)(H,19,21). The van der Waals surface area contributed by atoms with Gasteiger partial charge in [-0.2, -0.15) is 0 Å². The first-order valence-electron chi connectivity index (χ1n) is 6.70. The van der Waals surface area contributed by atoms with Crippen LogP contribution in [0.5, 0.6) is 0 Å². The Balaban J connectivity index is 1.65. The monoisotopic (exact) mass is 293 g/mol. The summed E-state index contributed by atoms with van der Waals surface area (Å²) in [7, 11) is 0. The van der Waals surface area contributed by atoms with Crippen molar-refractivity contribution < 1.29 is 9.21 Å². The zero-order valence-electron chi connectivity index (χ0n) is 11.3. The van der Waals surface area contributed by atoms with Crippen LogP contribution in [0.4, 0.5) is 5.69 Å². The van der Waals surface area contributed by atoms with Crippen molar-refractivity contribution in [3.05, 3.63) is 64.8 Å². The van der Waals surface area contributed by atoms with Crippen molar-refractivity contribution in [3.8, 4) is 0 Å². The van der Waals surface area contributed by atoms with Gasteiger partial charge in [0.15, 0.2) is 5.58 Å². The highest BCUT2D eigenvalue weighted by atomic mass is 16.4. The first kappa shape index (κ1) is 12.5. The fourth-order valence-electron chi connectivity index (χ4n) is 2.42. The molecule has 108 valence electrons. The number of rotatable bonds is 2. The number of fused-ring (bicyclic) bond motifs is 2. The van der Waals surface area contributed by atoms with Gasteiger partial charge in [-0.25, -0.2) is 4.79 Å². The second-order valence-electron chi connectivity index (χ2n) is 4.96. The van der Waals surface area contributed by atoms with Gasteiger partial charge in [-0.15, -0.1) is 0 Å². The molecule has 4 rings (SSSR count). The van der Waals surface area contributed by atoms with Crippen LogP contribution in [-0.4, -0.2) is 15.9 Å². The molecule has 0 saturated heterocycles. The molecule has 3 N–H and O–H groups in total. The Morgan fingerprint density at radius 3 is 2.82 bits per heavy atom. The fourth-order valence-corrected chi connectivity index (χ4v) is 2.42. The molecule has 0 aliphatic rings. The van der Waals surface area contributed by atoms with Gasteiger partial charge in [-0.1, -0.05) is 0 Å². The molecular weight excluding hydrogens is 282 g/mol. The molecular formula is C16H11N3O3. The number of aromatic nitrogens is 2. The van der Waals surface area contributed by atoms with Crippen molar-refractivity contribution in [1.82, 2.24) is 9.97 Å². The summed E-state index contributed by atoms with van der Waals surface area (Å²) in [5.74, 6) is -0.739. The highest BCUT2D eigenvalue weighted by molar-refractivity contribution is 6.06. The molecule has 0 radical (unpaired) electrons. The molecule has 1 amide bonds. The van der Waals surface area contributed by atoms with Gasteiger partial charge in [0, 0.05) is 34.4 Å². The highest BCUT2D eigenvalue weighted by Crippen LogP contribution is 2.19. The Bertz CT molecular complexity index is 1060. The number of oxazole rings is 1. The maximum Gasteiger partial charge on any atom is 0.417 e. The molecule has 2 aromatic heterocycles. The Morgan fingerprint density at radius 2 is 1.91 bits per heavy atom. The molecule has 6 heteroatoms. The molecule has 22 heavy (non-hydrogen) atoms. The van der Waals surface area contributed by atoms with Crippen LogP contribution >= 0.6 is 0 Å². The van der Waals surface area contributed by atoms with E-state index in [0.717, 1.165) is 10.9 Å². The van der Waals surface area contributed by atoms with Gasteiger partial charge in [0.2, 0.25) is 0 Å². The Labute approximate surface area is 123 Å². The third-order valence-electron chi connectivity index (χ3n) is 3.49. The predicted octanol–water partition coefficient (Wildman–Crippen LogP) is 2.85. The lowest BCUT2D eigenvalue weighted by atomic mass is 10.1. The third kappa shape index (κ3) is 2.07. The van der Waals surface area contributed by atoms with E-state index < -0.39 is 5.76 Å². The minimum Gasteiger partial charge on any atom is -0.408 e. The molecule has 0 fully saturated rings. The summed E-state index contributed by atoms with van der Waals surface area (Å²) in [6, 6.07) is 12.3. The summed E-state index contributed by atoms with van der Waals surface area (Å²) in [4.78, 5) is 29.1. The van der Waals surface area contributed by atoms with Gasteiger partial charge in [0.25, 0.3) is 5.91 Å². The van der Waals surface area contributed by atoms with Crippen LogP contribution in [0.15, 0.2) is 57.9 Å². The van der Waals surface area contributed by atoms with Crippen LogP contribution in [0.25, 0.3) is 22.0 Å². The molecule has 0 unspecified atom stereocenters. The highest BCUT2D eigenvalue weighted by Gasteiger charge is 2.09. The average Bonchev–Trinajstić information content (AvgIpc) is 3.10. The SMILES string of the molecule is O=C(Nc1ccc2[nH]c(=O)oc2c1)c1ccc2[nH]ccc2c1. The van der Waals surface area contributed by atoms with E-state index in [1.165, 1.54) is 0 Å². The van der Waals surface area contributed by atoms with Crippen molar-refractivity contribution >= 4 is 33.6 Å². The minimum atomic E-state index is -0.517. The second-order valence-corrected chi connectivity index (χ2v) is 4.96. The fraction of sp³-hybridized carbons (Fsp3) is 0. The van der Waals surface area contributed by atoms with Crippen molar-refractivity contribution in [2.45, 2.75) is 0 Å². The first-order valence-corrected chi connectivity index (χ1v) is 6.70. The predicted molar refractivity (Wildman–Crippen MR) is 83.1 cm³/mol. The van der Waals surface area contributed by atoms with Crippen molar-refractivity contribution in [1.29, 1.82) is 0 Å². The maximum absolute atomic E-state index is 12.3. The number of hydrogen-bond donors (Lipinski definition) is 3. The molecule has 0 bridgehead atoms. The minimum absolute atomic E-state index is 0.222. The number of carbonyl (C=O) groups is 1. The zero-order chi connectivity index (χ0) is 15.1. The lowest BCUT2D eigenvalue weighted by molar-refractivity contribution is 0.102. The van der Waals surface area contributed by atoms with E-state index >= 15 is 0 Å². The van der Waals surface area contributed by atoms with Crippen molar-refractivity contribution in [2.24, 2.45) is 0 Å². The third-order valence-corrected chi connectivity index (χ3v) is 3.49. The van der Waals surface area contributed by atoms with Gasteiger partial charge in [-0.05, 0) is 36.4 Å². The van der Waals surface area contributed by atoms with Crippen molar-refractivity contribution in [3.63, 3.8) is 0 Å². The summed E-state index contributed by atoms with van der Waals surface area (Å²) in [6.07, 6.45) is 1.83. The van der Waals surface area contributed by atoms with Crippen LogP contribution < -0.4 is 11.1 Å². The number of aromatic amines is 2. The number of amides is 1. The zero-order valence-corrected chi connectivity index (χ0v) is 11.3. The molecule has 6 nitrogen and oxygen atoms in total. The van der Waals surface area contributed by atoms with Gasteiger partial charge in [0.1, 0.15) is 0 Å². The van der Waals surface area contributed by atoms with E-state index in [9.17, 15) is 9.59 Å². The lowest BCUT2D eigenvalue weighted by Crippen LogP contribution is -2.11. The lowest BCUT2D eigenvalue weighted by Gasteiger charge is -2.05. The van der Waals surface area contributed by atoms with Gasteiger partial charge >= 0.3 is 5.76 Å². The Kier molecular flexibility index (Phi) is 2.62. The first-order chi connectivity index (χ1) is 10.7. The Morgan fingerprint density at radius 1 is 1.05 bits per heavy atom. The van der Waals surface area contributed by atoms with Gasteiger partial charge < -0.3 is 14.7 Å². The van der Waals surface area contributed by atoms with E-state index in [2.05, 4.69) is 15.3 Å². The molecule has 0 spiro atoms. The van der Waals surface area contributed by atoms with Crippen LogP contribution in [0.2, 0.25) is 0 Å². The molecule has 0 aliphatic carbocycles. The van der Waals surface area contributed by atoms with Crippen LogP contribution in [0.3, 0.4) is 0 Å². The van der Waals surface area contributed by atoms with Crippen molar-refractivity contribution in [2.75, 3.05) is 5.32 Å². The van der Waals surface area contributed by atoms with Crippen LogP contribution in [0.1, 0.15) is 10.4 Å². The second kappa shape index (κ2) is 4.63. The molecule has 2 aromatic carbocycles. The quantitative estimate of drug-likeness (QED) is 0.530. The average molecular weight is 293 g/mol. The van der Waals surface area contributed by atoms with E-state index in [1.807, 2.05) is 24.4 Å². The van der Waals surface area contributed by atoms with E-state index in [-0.39, 0.29) is 5.91 Å². The van der Waals surface area contributed by atoms with Gasteiger partial charge in [0.05, 0.1) is 5.52 Å². The summed E-state index contributed by atoms with van der Waals surface area (Å²) >= 11 is 0. The topological polar surface area (TPSA) is 90.9 Å². The molecule has 2 heterocycles. The summed E-state index contributed by atoms with van der Waals surface area (Å²) in [6.45, 7) is 0. The van der Waals surface area contributed by atoms with E-state index in [1.54, 1.807) is 24.3 Å². The molecule has 0 aliphatic heterocycles. The number of carbonyl (C=O) groups excluding carboxylic acids is 1. The van der Waals surface area contributed by atoms with Crippen LogP contribution in [-0.2, 0) is 0 Å². The van der Waals surface area contributed by atoms with E-state index in [0.29, 0.717) is 22.4 Å². The Hall–Kier alpha value is -3.28. The van der Waals surface area contributed by atoms with E-state index in [4.69, 9.17) is 4.42 Å². The molecule has 0 saturated carbocycles.